The van der Waals surface area contributed by atoms with Crippen LogP contribution in [0.5, 0.6) is 0 Å². The van der Waals surface area contributed by atoms with Crippen molar-refractivity contribution >= 4 is 16.8 Å². The van der Waals surface area contributed by atoms with Gasteiger partial charge in [0.25, 0.3) is 0 Å². The molecule has 210 valence electrons. The molecule has 3 heterocycles. The molecule has 3 N–H and O–H groups in total. The van der Waals surface area contributed by atoms with Gasteiger partial charge >= 0.3 is 6.18 Å². The van der Waals surface area contributed by atoms with Crippen LogP contribution in [-0.4, -0.2) is 65.9 Å². The number of nitrogens with one attached hydrogen (secondary N) is 2. The molecule has 5 rings (SSSR count). The van der Waals surface area contributed by atoms with Crippen LogP contribution in [0, 0.1) is 17.3 Å². The fourth-order valence-corrected chi connectivity index (χ4v) is 6.94. The smallest absolute Gasteiger partial charge is 0.389 e. The number of amides is 1. The van der Waals surface area contributed by atoms with Crippen LogP contribution in [0.25, 0.3) is 10.9 Å². The predicted octanol–water partition coefficient (Wildman–Crippen LogP) is 4.86. The molecule has 3 atom stereocenters. The minimum absolute atomic E-state index is 0.00671. The molecule has 3 aliphatic rings. The molecule has 1 aromatic carbocycles. The van der Waals surface area contributed by atoms with E-state index in [9.17, 15) is 23.1 Å². The zero-order chi connectivity index (χ0) is 27.3. The summed E-state index contributed by atoms with van der Waals surface area (Å²) in [6.07, 6.45) is -0.386. The monoisotopic (exact) mass is 535 g/mol. The molecular weight excluding hydrogens is 495 g/mol. The van der Waals surface area contributed by atoms with Gasteiger partial charge in [-0.25, -0.2) is 0 Å². The number of carbonyl (C=O) groups excluding carboxylic acids is 1. The number of carbonyl (C=O) groups is 1. The number of hydrogen-bond acceptors (Lipinski definition) is 4. The van der Waals surface area contributed by atoms with Crippen molar-refractivity contribution in [3.63, 3.8) is 0 Å². The molecule has 9 heteroatoms. The lowest BCUT2D eigenvalue weighted by Gasteiger charge is -2.45. The Morgan fingerprint density at radius 2 is 2.00 bits per heavy atom. The van der Waals surface area contributed by atoms with E-state index in [4.69, 9.17) is 4.74 Å². The number of aliphatic hydroxyl groups is 1. The maximum atomic E-state index is 13.4. The number of likely N-dealkylation sites (tertiary alicyclic amines) is 1. The van der Waals surface area contributed by atoms with Gasteiger partial charge in [0.2, 0.25) is 5.91 Å². The first-order valence-electron chi connectivity index (χ1n) is 13.9. The molecule has 2 saturated heterocycles. The zero-order valence-electron chi connectivity index (χ0n) is 22.6. The van der Waals surface area contributed by atoms with Crippen LogP contribution in [0.15, 0.2) is 18.2 Å². The lowest BCUT2D eigenvalue weighted by Crippen LogP contribution is -2.51. The Kier molecular flexibility index (Phi) is 7.33. The molecule has 2 aliphatic heterocycles. The zero-order valence-corrected chi connectivity index (χ0v) is 22.6. The quantitative estimate of drug-likeness (QED) is 0.494. The minimum atomic E-state index is -4.36. The molecule has 0 bridgehead atoms. The maximum Gasteiger partial charge on any atom is 0.416 e. The molecule has 1 aliphatic carbocycles. The van der Waals surface area contributed by atoms with Gasteiger partial charge in [0.15, 0.2) is 0 Å². The van der Waals surface area contributed by atoms with E-state index in [0.29, 0.717) is 43.3 Å². The first-order chi connectivity index (χ1) is 17.9. The Bertz CT molecular complexity index is 1160. The van der Waals surface area contributed by atoms with E-state index in [1.807, 2.05) is 0 Å². The normalized spacial score (nSPS) is 26.1. The van der Waals surface area contributed by atoms with E-state index in [0.717, 1.165) is 61.7 Å². The van der Waals surface area contributed by atoms with E-state index in [-0.39, 0.29) is 18.4 Å². The molecule has 0 unspecified atom stereocenters. The number of nitrogens with zero attached hydrogens (tertiary/aromatic N) is 1. The molecule has 2 aromatic rings. The van der Waals surface area contributed by atoms with E-state index in [2.05, 4.69) is 22.1 Å². The fourth-order valence-electron chi connectivity index (χ4n) is 6.94. The van der Waals surface area contributed by atoms with Crippen molar-refractivity contribution in [3.05, 3.63) is 35.0 Å². The van der Waals surface area contributed by atoms with Crippen LogP contribution in [-0.2, 0) is 22.1 Å². The Hall–Kier alpha value is -2.10. The number of aromatic nitrogens is 1. The van der Waals surface area contributed by atoms with Gasteiger partial charge in [0.05, 0.1) is 16.6 Å². The van der Waals surface area contributed by atoms with Gasteiger partial charge in [-0.05, 0) is 101 Å². The van der Waals surface area contributed by atoms with Crippen molar-refractivity contribution in [2.45, 2.75) is 70.6 Å². The lowest BCUT2D eigenvalue weighted by molar-refractivity contribution is -0.139. The Balaban J connectivity index is 1.30. The average Bonchev–Trinajstić information content (AvgIpc) is 3.23. The summed E-state index contributed by atoms with van der Waals surface area (Å²) in [6, 6.07) is 4.03. The number of benzene rings is 1. The maximum absolute atomic E-state index is 13.4. The number of aromatic amines is 1. The summed E-state index contributed by atoms with van der Waals surface area (Å²) in [5.74, 6) is 0.999. The van der Waals surface area contributed by atoms with E-state index < -0.39 is 22.8 Å². The number of rotatable bonds is 6. The molecular formula is C29H40F3N3O3. The van der Waals surface area contributed by atoms with Crippen LogP contribution in [0.3, 0.4) is 0 Å². The van der Waals surface area contributed by atoms with Crippen molar-refractivity contribution in [1.82, 2.24) is 15.2 Å². The highest BCUT2D eigenvalue weighted by Crippen LogP contribution is 2.47. The highest BCUT2D eigenvalue weighted by Gasteiger charge is 2.43. The van der Waals surface area contributed by atoms with Crippen molar-refractivity contribution < 1.29 is 27.8 Å². The third kappa shape index (κ3) is 5.47. The molecule has 1 amide bonds. The fraction of sp³-hybridized carbons (Fsp3) is 0.690. The van der Waals surface area contributed by atoms with Crippen LogP contribution >= 0.6 is 0 Å². The van der Waals surface area contributed by atoms with Crippen LogP contribution in [0.4, 0.5) is 13.2 Å². The van der Waals surface area contributed by atoms with Gasteiger partial charge in [0.1, 0.15) is 0 Å². The number of piperidine rings is 1. The standard InChI is InChI=1S/C29H40F3N3O3/c1-18-22-16-35(11-7-28(8-12-38-13-9-28)26(36)33-17-27(2,3)37)10-6-19(22)14-24-25(18)21-15-20(29(30,31)32)4-5-23(21)34-24/h4-5,15,18-19,22,34,37H,6-14,16-17H2,1-3H3,(H,33,36)/t18-,19-,22-/m1/s1. The van der Waals surface area contributed by atoms with Gasteiger partial charge < -0.3 is 25.0 Å². The topological polar surface area (TPSA) is 77.6 Å². The summed E-state index contributed by atoms with van der Waals surface area (Å²) >= 11 is 0. The van der Waals surface area contributed by atoms with E-state index >= 15 is 0 Å². The molecule has 0 spiro atoms. The molecule has 2 fully saturated rings. The molecule has 0 radical (unpaired) electrons. The largest absolute Gasteiger partial charge is 0.416 e. The average molecular weight is 536 g/mol. The molecule has 38 heavy (non-hydrogen) atoms. The second-order valence-corrected chi connectivity index (χ2v) is 12.4. The first-order valence-corrected chi connectivity index (χ1v) is 13.9. The third-order valence-corrected chi connectivity index (χ3v) is 9.22. The summed E-state index contributed by atoms with van der Waals surface area (Å²) in [7, 11) is 0. The second kappa shape index (κ2) is 10.1. The van der Waals surface area contributed by atoms with Gasteiger partial charge in [-0.1, -0.05) is 6.92 Å². The molecule has 1 aromatic heterocycles. The van der Waals surface area contributed by atoms with Crippen LogP contribution in [0.2, 0.25) is 0 Å². The number of hydrogen-bond donors (Lipinski definition) is 3. The summed E-state index contributed by atoms with van der Waals surface area (Å²) in [6.45, 7) is 9.49. The highest BCUT2D eigenvalue weighted by atomic mass is 19.4. The predicted molar refractivity (Wildman–Crippen MR) is 140 cm³/mol. The number of alkyl halides is 3. The van der Waals surface area contributed by atoms with Crippen molar-refractivity contribution in [2.24, 2.45) is 17.3 Å². The van der Waals surface area contributed by atoms with Crippen molar-refractivity contribution in [3.8, 4) is 0 Å². The van der Waals surface area contributed by atoms with E-state index in [1.54, 1.807) is 19.9 Å². The van der Waals surface area contributed by atoms with Gasteiger partial charge in [0, 0.05) is 42.9 Å². The van der Waals surface area contributed by atoms with Gasteiger partial charge in [-0.15, -0.1) is 0 Å². The number of halogens is 3. The minimum Gasteiger partial charge on any atom is -0.389 e. The second-order valence-electron chi connectivity index (χ2n) is 12.4. The van der Waals surface area contributed by atoms with Crippen LogP contribution in [0.1, 0.15) is 69.2 Å². The summed E-state index contributed by atoms with van der Waals surface area (Å²) in [4.78, 5) is 19.1. The van der Waals surface area contributed by atoms with Crippen molar-refractivity contribution in [2.75, 3.05) is 39.4 Å². The van der Waals surface area contributed by atoms with Gasteiger partial charge in [-0.2, -0.15) is 13.2 Å². The Morgan fingerprint density at radius 1 is 1.26 bits per heavy atom. The van der Waals surface area contributed by atoms with Crippen LogP contribution < -0.4 is 5.32 Å². The SMILES string of the molecule is C[C@H]1c2c([nH]c3ccc(C(F)(F)F)cc23)C[C@H]2CCN(CCC3(C(=O)NCC(C)(C)O)CCOCC3)C[C@@H]21. The Morgan fingerprint density at radius 3 is 2.68 bits per heavy atom. The number of fused-ring (bicyclic) bond motifs is 4. The summed E-state index contributed by atoms with van der Waals surface area (Å²) in [5.41, 5.74) is 0.840. The summed E-state index contributed by atoms with van der Waals surface area (Å²) in [5, 5.41) is 13.8. The number of H-pyrrole nitrogens is 1. The first kappa shape index (κ1) is 27.5. The van der Waals surface area contributed by atoms with E-state index in [1.165, 1.54) is 6.07 Å². The lowest BCUT2D eigenvalue weighted by atomic mass is 9.68. The van der Waals surface area contributed by atoms with Crippen molar-refractivity contribution in [1.29, 1.82) is 0 Å². The Labute approximate surface area is 222 Å². The molecule has 6 nitrogen and oxygen atoms in total. The molecule has 0 saturated carbocycles. The van der Waals surface area contributed by atoms with Gasteiger partial charge in [-0.3, -0.25) is 4.79 Å². The third-order valence-electron chi connectivity index (χ3n) is 9.22. The number of ether oxygens (including phenoxy) is 1. The highest BCUT2D eigenvalue weighted by molar-refractivity contribution is 5.86. The summed E-state index contributed by atoms with van der Waals surface area (Å²) < 4.78 is 45.9.